The maximum absolute atomic E-state index is 14.3. The Kier molecular flexibility index (Phi) is 8.10. The zero-order chi connectivity index (χ0) is 35.0. The van der Waals surface area contributed by atoms with Gasteiger partial charge in [0, 0.05) is 16.3 Å². The zero-order valence-electron chi connectivity index (χ0n) is 26.5. The summed E-state index contributed by atoms with van der Waals surface area (Å²) in [6.07, 6.45) is -8.26. The Morgan fingerprint density at radius 3 is 2.25 bits per heavy atom. The molecular weight excluding hydrogens is 628 g/mol. The van der Waals surface area contributed by atoms with Crippen molar-refractivity contribution in [2.75, 3.05) is 18.9 Å². The molecule has 48 heavy (non-hydrogen) atoms. The normalized spacial score (nSPS) is 22.9. The number of anilines is 1. The number of fused-ring (bicyclic) bond motifs is 5. The van der Waals surface area contributed by atoms with Gasteiger partial charge >= 0.3 is 5.97 Å². The van der Waals surface area contributed by atoms with E-state index >= 15 is 0 Å². The van der Waals surface area contributed by atoms with Crippen molar-refractivity contribution < 1.29 is 54.5 Å². The van der Waals surface area contributed by atoms with Crippen LogP contribution in [0.15, 0.2) is 36.4 Å². The third-order valence-electron chi connectivity index (χ3n) is 8.61. The van der Waals surface area contributed by atoms with Crippen LogP contribution in [0.3, 0.4) is 0 Å². The number of aromatic nitrogens is 1. The molecule has 4 aromatic rings. The second-order valence-electron chi connectivity index (χ2n) is 12.8. The lowest BCUT2D eigenvalue weighted by molar-refractivity contribution is -0.249. The van der Waals surface area contributed by atoms with Gasteiger partial charge in [-0.1, -0.05) is 24.3 Å². The molecule has 0 saturated carbocycles. The van der Waals surface area contributed by atoms with Crippen LogP contribution in [0, 0.1) is 6.92 Å². The first-order valence-electron chi connectivity index (χ1n) is 15.1. The Morgan fingerprint density at radius 1 is 0.938 bits per heavy atom. The molecule has 15 heteroatoms. The van der Waals surface area contributed by atoms with E-state index in [2.05, 4.69) is 5.43 Å². The molecule has 6 rings (SSSR count). The van der Waals surface area contributed by atoms with Crippen LogP contribution >= 0.6 is 0 Å². The number of aromatic hydroxyl groups is 2. The summed E-state index contributed by atoms with van der Waals surface area (Å²) in [5.41, 5.74) is 8.80. The Bertz CT molecular complexity index is 2000. The van der Waals surface area contributed by atoms with Gasteiger partial charge in [0.05, 0.1) is 34.5 Å². The molecule has 9 N–H and O–H groups in total. The average molecular weight is 665 g/mol. The second kappa shape index (κ2) is 11.7. The van der Waals surface area contributed by atoms with E-state index in [1.165, 1.54) is 28.8 Å². The summed E-state index contributed by atoms with van der Waals surface area (Å²) in [5.74, 6) is -2.96. The molecule has 1 fully saturated rings. The van der Waals surface area contributed by atoms with Gasteiger partial charge in [-0.15, -0.1) is 0 Å². The second-order valence-corrected chi connectivity index (χ2v) is 12.8. The summed E-state index contributed by atoms with van der Waals surface area (Å²) in [6, 6.07) is 8.90. The van der Waals surface area contributed by atoms with Gasteiger partial charge in [-0.25, -0.2) is 10.4 Å². The third kappa shape index (κ3) is 5.03. The van der Waals surface area contributed by atoms with Crippen LogP contribution in [0.2, 0.25) is 0 Å². The molecule has 0 spiro atoms. The summed E-state index contributed by atoms with van der Waals surface area (Å²) < 4.78 is 12.5. The number of aliphatic hydroxyl groups excluding tert-OH is 4. The van der Waals surface area contributed by atoms with E-state index in [1.54, 1.807) is 39.8 Å². The number of nitrogens with one attached hydrogen (secondary N) is 1. The molecule has 1 saturated heterocycles. The predicted octanol–water partition coefficient (Wildman–Crippen LogP) is 1.18. The number of para-hydroxylation sites is 1. The summed E-state index contributed by atoms with van der Waals surface area (Å²) in [4.78, 5) is 41.0. The molecule has 2 amide bonds. The van der Waals surface area contributed by atoms with Crippen molar-refractivity contribution in [3.63, 3.8) is 0 Å². The number of carbonyl (C=O) groups excluding carboxylic acids is 3. The number of carbonyl (C=O) groups is 3. The number of aliphatic hydroxyl groups is 4. The first-order valence-corrected chi connectivity index (χ1v) is 15.1. The van der Waals surface area contributed by atoms with Crippen molar-refractivity contribution in [3.05, 3.63) is 53.1 Å². The minimum atomic E-state index is -1.83. The Morgan fingerprint density at radius 2 is 1.58 bits per heavy atom. The Labute approximate surface area is 273 Å². The topological polar surface area (TPSA) is 237 Å². The number of benzene rings is 3. The standard InChI is InChI=1S/C33H36N4O11/c1-13-14(7-5-9-16(13)39)20-22-23(31(46)37(30(22)45)35-11-19(41)48-33(2,3)4)21-15-8-6-10-17(40)25(15)36(26(21)24(20)34)32-29(44)28(43)27(42)18(12-38)47-32/h5-10,18,27-29,32,35,38-40,42-44H,11-12,34H2,1-4H3. The number of nitrogens with two attached hydrogens (primary N) is 1. The van der Waals surface area contributed by atoms with E-state index in [9.17, 15) is 45.0 Å². The third-order valence-corrected chi connectivity index (χ3v) is 8.61. The van der Waals surface area contributed by atoms with Crippen LogP contribution in [0.1, 0.15) is 53.3 Å². The fourth-order valence-electron chi connectivity index (χ4n) is 6.50. The highest BCUT2D eigenvalue weighted by Crippen LogP contribution is 2.50. The summed E-state index contributed by atoms with van der Waals surface area (Å²) in [6.45, 7) is 5.29. The van der Waals surface area contributed by atoms with Gasteiger partial charge in [0.25, 0.3) is 11.8 Å². The average Bonchev–Trinajstić information content (AvgIpc) is 3.48. The van der Waals surface area contributed by atoms with Crippen molar-refractivity contribution in [1.29, 1.82) is 0 Å². The van der Waals surface area contributed by atoms with Gasteiger partial charge in [0.2, 0.25) is 0 Å². The molecule has 0 radical (unpaired) electrons. The van der Waals surface area contributed by atoms with Gasteiger partial charge in [-0.05, 0) is 51.0 Å². The number of phenols is 2. The van der Waals surface area contributed by atoms with Crippen LogP contribution < -0.4 is 11.2 Å². The van der Waals surface area contributed by atoms with Crippen molar-refractivity contribution in [2.45, 2.75) is 63.9 Å². The van der Waals surface area contributed by atoms with E-state index in [-0.39, 0.29) is 61.2 Å². The number of phenolic OH excluding ortho intramolecular Hbond substituents is 2. The lowest BCUT2D eigenvalue weighted by atomic mass is 9.89. The first-order chi connectivity index (χ1) is 22.6. The molecule has 5 atom stereocenters. The number of nitrogen functional groups attached to an aromatic ring is 1. The summed E-state index contributed by atoms with van der Waals surface area (Å²) in [7, 11) is 0. The zero-order valence-corrected chi connectivity index (χ0v) is 26.5. The van der Waals surface area contributed by atoms with Gasteiger partial charge in [-0.2, -0.15) is 0 Å². The minimum absolute atomic E-state index is 0.00228. The molecule has 1 aromatic heterocycles. The highest BCUT2D eigenvalue weighted by molar-refractivity contribution is 6.34. The van der Waals surface area contributed by atoms with Crippen LogP contribution in [0.5, 0.6) is 11.5 Å². The van der Waals surface area contributed by atoms with Crippen molar-refractivity contribution >= 4 is 45.3 Å². The van der Waals surface area contributed by atoms with Crippen molar-refractivity contribution in [1.82, 2.24) is 15.0 Å². The molecule has 3 heterocycles. The predicted molar refractivity (Wildman–Crippen MR) is 171 cm³/mol. The fourth-order valence-corrected chi connectivity index (χ4v) is 6.50. The lowest BCUT2D eigenvalue weighted by Crippen LogP contribution is -2.56. The number of rotatable bonds is 6. The van der Waals surface area contributed by atoms with E-state index in [4.69, 9.17) is 15.2 Å². The largest absolute Gasteiger partial charge is 0.508 e. The quantitative estimate of drug-likeness (QED) is 0.0822. The van der Waals surface area contributed by atoms with Crippen molar-refractivity contribution in [3.8, 4) is 22.6 Å². The van der Waals surface area contributed by atoms with Crippen LogP contribution in [0.4, 0.5) is 5.69 Å². The van der Waals surface area contributed by atoms with Crippen LogP contribution in [-0.4, -0.2) is 101 Å². The summed E-state index contributed by atoms with van der Waals surface area (Å²) in [5, 5.41) is 65.1. The maximum Gasteiger partial charge on any atom is 0.322 e. The lowest BCUT2D eigenvalue weighted by Gasteiger charge is -2.41. The fraction of sp³-hybridized carbons (Fsp3) is 0.364. The SMILES string of the molecule is Cc1c(O)cccc1-c1c2c(c3c4cccc(O)c4n(C4OC(CO)C(O)C(O)C4O)c3c1N)C(=O)N(NCC(=O)OC(C)(C)C)C2=O. The number of nitrogens with zero attached hydrogens (tertiary/aromatic N) is 2. The molecule has 3 aromatic carbocycles. The monoisotopic (exact) mass is 664 g/mol. The molecule has 254 valence electrons. The van der Waals surface area contributed by atoms with Gasteiger partial charge in [0.1, 0.15) is 48.1 Å². The maximum atomic E-state index is 14.3. The van der Waals surface area contributed by atoms with Crippen LogP contribution in [-0.2, 0) is 14.3 Å². The van der Waals surface area contributed by atoms with E-state index in [1.807, 2.05) is 0 Å². The Hall–Kier alpha value is -4.77. The van der Waals surface area contributed by atoms with Gasteiger partial charge < -0.3 is 50.4 Å². The molecule has 2 aliphatic heterocycles. The smallest absolute Gasteiger partial charge is 0.322 e. The number of ether oxygens (including phenoxy) is 2. The molecule has 5 unspecified atom stereocenters. The van der Waals surface area contributed by atoms with Gasteiger partial charge in [-0.3, -0.25) is 14.4 Å². The number of hydrogen-bond acceptors (Lipinski definition) is 13. The summed E-state index contributed by atoms with van der Waals surface area (Å²) >= 11 is 0. The number of hydrazine groups is 1. The van der Waals surface area contributed by atoms with Crippen molar-refractivity contribution in [2.24, 2.45) is 0 Å². The first kappa shape index (κ1) is 33.1. The number of hydrogen-bond donors (Lipinski definition) is 8. The van der Waals surface area contributed by atoms with Crippen LogP contribution in [0.25, 0.3) is 32.9 Å². The highest BCUT2D eigenvalue weighted by Gasteiger charge is 2.48. The van der Waals surface area contributed by atoms with E-state index < -0.39 is 67.2 Å². The number of esters is 1. The van der Waals surface area contributed by atoms with E-state index in [0.717, 1.165) is 0 Å². The molecule has 2 aliphatic rings. The number of amides is 2. The van der Waals surface area contributed by atoms with E-state index in [0.29, 0.717) is 10.6 Å². The molecular formula is C33H36N4O11. The molecule has 0 bridgehead atoms. The number of imide groups is 1. The minimum Gasteiger partial charge on any atom is -0.508 e. The molecule has 15 nitrogen and oxygen atoms in total. The molecule has 0 aliphatic carbocycles. The highest BCUT2D eigenvalue weighted by atomic mass is 16.6. The van der Waals surface area contributed by atoms with Gasteiger partial charge in [0.15, 0.2) is 6.23 Å². The Balaban J connectivity index is 1.68.